The lowest BCUT2D eigenvalue weighted by molar-refractivity contribution is 0.559. The van der Waals surface area contributed by atoms with Crippen molar-refractivity contribution in [3.05, 3.63) is 0 Å². The molecule has 0 heterocycles. The van der Waals surface area contributed by atoms with E-state index in [1.54, 1.807) is 13.1 Å². The molecule has 0 fully saturated rings. The molecule has 0 aliphatic carbocycles. The minimum atomic E-state index is -2.80. The normalized spacial score (nSPS) is 12.7. The highest BCUT2D eigenvalue weighted by Crippen LogP contribution is 2.44. The molecular weight excluding hydrogens is 157 g/mol. The number of nitrogens with zero attached hydrogens (tertiary/aromatic N) is 1. The summed E-state index contributed by atoms with van der Waals surface area (Å²) in [6.07, 6.45) is 1.27. The Kier molecular flexibility index (Phi) is 3.24. The van der Waals surface area contributed by atoms with Gasteiger partial charge in [0, 0.05) is 0 Å². The highest BCUT2D eigenvalue weighted by molar-refractivity contribution is 6.74. The number of halogens is 1. The van der Waals surface area contributed by atoms with Crippen LogP contribution in [-0.2, 0) is 0 Å². The number of hydrogen-bond acceptors (Lipinski definition) is 1. The number of hydrogen-bond donors (Lipinski definition) is 0. The van der Waals surface area contributed by atoms with Crippen molar-refractivity contribution >= 4 is 8.41 Å². The fourth-order valence-corrected chi connectivity index (χ4v) is 3.33. The van der Waals surface area contributed by atoms with Crippen LogP contribution >= 0.6 is 0 Å². The summed E-state index contributed by atoms with van der Waals surface area (Å²) in [5.41, 5.74) is 0. The molecule has 0 saturated heterocycles. The largest absolute Gasteiger partial charge is 0.313 e. The second kappa shape index (κ2) is 3.36. The zero-order chi connectivity index (χ0) is 9.12. The molecule has 3 heteroatoms. The lowest BCUT2D eigenvalue weighted by Gasteiger charge is -2.31. The molecule has 0 aromatic carbocycles. The third kappa shape index (κ3) is 1.81. The van der Waals surface area contributed by atoms with Crippen LogP contribution < -0.4 is 0 Å². The first-order chi connectivity index (χ1) is 4.93. The van der Waals surface area contributed by atoms with Crippen LogP contribution in [0, 0.1) is 11.3 Å². The second-order valence-corrected chi connectivity index (χ2v) is 7.28. The topological polar surface area (TPSA) is 23.8 Å². The van der Waals surface area contributed by atoms with Gasteiger partial charge in [0.15, 0.2) is 0 Å². The summed E-state index contributed by atoms with van der Waals surface area (Å²) in [6.45, 7) is 7.01. The molecule has 0 aliphatic heterocycles. The van der Waals surface area contributed by atoms with E-state index in [1.807, 2.05) is 13.8 Å². The van der Waals surface area contributed by atoms with Crippen LogP contribution in [0.25, 0.3) is 0 Å². The molecule has 1 nitrogen and oxygen atoms in total. The van der Waals surface area contributed by atoms with Crippen LogP contribution in [0.2, 0.25) is 18.1 Å². The van der Waals surface area contributed by atoms with Gasteiger partial charge in [-0.15, -0.1) is 0 Å². The molecule has 0 aromatic heterocycles. The van der Waals surface area contributed by atoms with Crippen molar-refractivity contribution in [2.24, 2.45) is 0 Å². The minimum absolute atomic E-state index is 0.635. The van der Waals surface area contributed by atoms with Gasteiger partial charge < -0.3 is 4.11 Å². The van der Waals surface area contributed by atoms with E-state index in [9.17, 15) is 4.11 Å². The Labute approximate surface area is 69.4 Å². The van der Waals surface area contributed by atoms with Crippen molar-refractivity contribution in [1.29, 1.82) is 5.26 Å². The van der Waals surface area contributed by atoms with Gasteiger partial charge in [-0.1, -0.05) is 13.8 Å². The Morgan fingerprint density at radius 1 is 1.36 bits per heavy atom. The number of rotatable bonds is 3. The molecule has 0 bridgehead atoms. The predicted molar refractivity (Wildman–Crippen MR) is 47.5 cm³/mol. The van der Waals surface area contributed by atoms with E-state index < -0.39 is 13.4 Å². The molecule has 0 N–H and O–H groups in total. The van der Waals surface area contributed by atoms with Gasteiger partial charge in [0.1, 0.15) is 0 Å². The van der Waals surface area contributed by atoms with Crippen LogP contribution in [0.5, 0.6) is 0 Å². The summed E-state index contributed by atoms with van der Waals surface area (Å²) < 4.78 is 13.6. The standard InChI is InChI=1S/C8H16FNSi/c1-5-8(6-2,7-10)11(3,4)9/h5-6H2,1-4H3. The zero-order valence-corrected chi connectivity index (χ0v) is 8.74. The van der Waals surface area contributed by atoms with Gasteiger partial charge in [0.25, 0.3) is 8.41 Å². The molecule has 0 radical (unpaired) electrons. The van der Waals surface area contributed by atoms with Gasteiger partial charge in [-0.2, -0.15) is 5.26 Å². The summed E-state index contributed by atoms with van der Waals surface area (Å²) >= 11 is 0. The zero-order valence-electron chi connectivity index (χ0n) is 7.74. The predicted octanol–water partition coefficient (Wildman–Crippen LogP) is 3.24. The molecule has 11 heavy (non-hydrogen) atoms. The molecule has 0 unspecified atom stereocenters. The molecule has 0 rings (SSSR count). The molecule has 0 saturated carbocycles. The summed E-state index contributed by atoms with van der Waals surface area (Å²) in [6, 6.07) is 2.14. The average molecular weight is 173 g/mol. The Bertz CT molecular complexity index is 162. The SMILES string of the molecule is CCC(C#N)(CC)[Si](C)(C)F. The summed E-state index contributed by atoms with van der Waals surface area (Å²) in [5, 5.41) is 8.20. The van der Waals surface area contributed by atoms with E-state index in [0.29, 0.717) is 12.8 Å². The summed E-state index contributed by atoms with van der Waals surface area (Å²) in [4.78, 5) is 0. The van der Waals surface area contributed by atoms with E-state index >= 15 is 0 Å². The van der Waals surface area contributed by atoms with Crippen LogP contribution in [0.4, 0.5) is 4.11 Å². The Hall–Kier alpha value is -0.363. The first-order valence-corrected chi connectivity index (χ1v) is 6.91. The lowest BCUT2D eigenvalue weighted by Crippen LogP contribution is -2.36. The molecule has 0 amide bonds. The summed E-state index contributed by atoms with van der Waals surface area (Å²) in [5.74, 6) is 0. The Balaban J connectivity index is 4.73. The quantitative estimate of drug-likeness (QED) is 0.475. The molecule has 0 atom stereocenters. The van der Waals surface area contributed by atoms with E-state index in [-0.39, 0.29) is 0 Å². The van der Waals surface area contributed by atoms with E-state index in [1.165, 1.54) is 0 Å². The maximum atomic E-state index is 13.6. The molecule has 0 aromatic rings. The van der Waals surface area contributed by atoms with Crippen molar-refractivity contribution < 1.29 is 4.11 Å². The van der Waals surface area contributed by atoms with Crippen molar-refractivity contribution in [3.8, 4) is 6.07 Å². The third-order valence-corrected chi connectivity index (χ3v) is 5.65. The van der Waals surface area contributed by atoms with Crippen molar-refractivity contribution in [1.82, 2.24) is 0 Å². The molecule has 0 aliphatic rings. The van der Waals surface area contributed by atoms with Crippen LogP contribution in [0.1, 0.15) is 26.7 Å². The van der Waals surface area contributed by atoms with Gasteiger partial charge in [0.05, 0.1) is 11.1 Å². The van der Waals surface area contributed by atoms with E-state index in [4.69, 9.17) is 5.26 Å². The first kappa shape index (κ1) is 10.6. The molecule has 0 spiro atoms. The van der Waals surface area contributed by atoms with E-state index in [0.717, 1.165) is 0 Å². The molecule has 64 valence electrons. The van der Waals surface area contributed by atoms with Gasteiger partial charge in [0.2, 0.25) is 0 Å². The average Bonchev–Trinajstić information content (AvgIpc) is 1.90. The number of nitriles is 1. The highest BCUT2D eigenvalue weighted by atomic mass is 28.4. The highest BCUT2D eigenvalue weighted by Gasteiger charge is 2.46. The molecular formula is C8H16FNSi. The second-order valence-electron chi connectivity index (χ2n) is 3.37. The van der Waals surface area contributed by atoms with Crippen molar-refractivity contribution in [2.45, 2.75) is 44.8 Å². The van der Waals surface area contributed by atoms with Crippen LogP contribution in [0.3, 0.4) is 0 Å². The fourth-order valence-electron chi connectivity index (χ4n) is 1.38. The maximum Gasteiger partial charge on any atom is 0.260 e. The Morgan fingerprint density at radius 2 is 1.73 bits per heavy atom. The van der Waals surface area contributed by atoms with Gasteiger partial charge >= 0.3 is 0 Å². The monoisotopic (exact) mass is 173 g/mol. The van der Waals surface area contributed by atoms with E-state index in [2.05, 4.69) is 6.07 Å². The van der Waals surface area contributed by atoms with Crippen LogP contribution in [-0.4, -0.2) is 8.41 Å². The third-order valence-electron chi connectivity index (χ3n) is 2.56. The smallest absolute Gasteiger partial charge is 0.260 e. The lowest BCUT2D eigenvalue weighted by atomic mass is 10.0. The Morgan fingerprint density at radius 3 is 1.73 bits per heavy atom. The van der Waals surface area contributed by atoms with Gasteiger partial charge in [-0.05, 0) is 25.9 Å². The maximum absolute atomic E-state index is 13.6. The fraction of sp³-hybridized carbons (Fsp3) is 0.875. The summed E-state index contributed by atoms with van der Waals surface area (Å²) in [7, 11) is -2.80. The van der Waals surface area contributed by atoms with Crippen LogP contribution in [0.15, 0.2) is 0 Å². The van der Waals surface area contributed by atoms with Crippen molar-refractivity contribution in [3.63, 3.8) is 0 Å². The van der Waals surface area contributed by atoms with Crippen molar-refractivity contribution in [2.75, 3.05) is 0 Å². The minimum Gasteiger partial charge on any atom is -0.313 e. The van der Waals surface area contributed by atoms with Gasteiger partial charge in [-0.25, -0.2) is 0 Å². The first-order valence-electron chi connectivity index (χ1n) is 4.03. The van der Waals surface area contributed by atoms with Gasteiger partial charge in [-0.3, -0.25) is 0 Å².